The SMILES string of the molecule is [2H]c1nc(NS(=O)(=O)NC([2H])([2H])C([2H])([2H])C)c(-c2ccc(Br)cc2)c(OCC([2H])([2H])Oc2ncc(C)cn2)n1.[2H]c1nc(NS(=O)(=O)NC([2H])([2H])CC)c(-c2ccc(Br)cc2)c(OC([2H])([2H])C([2H])([2H])Oc2ncc(C)cn2)n1.[2H]c1nc(NS(=O)(=O)NCCC)c(-c2ccc(Br)cc2)c(OC([2H])([2H])C([2H])([2H])Oc2ncc(C)cn2)n1. The number of nitrogens with zero attached hydrogens (tertiary/aromatic N) is 12. The van der Waals surface area contributed by atoms with Gasteiger partial charge < -0.3 is 28.4 Å². The molecule has 0 unspecified atom stereocenters. The van der Waals surface area contributed by atoms with Crippen molar-refractivity contribution in [3.8, 4) is 69.1 Å². The van der Waals surface area contributed by atoms with Gasteiger partial charge in [-0.3, -0.25) is 14.2 Å². The molecule has 96 heavy (non-hydrogen) atoms. The lowest BCUT2D eigenvalue weighted by Gasteiger charge is -2.15. The lowest BCUT2D eigenvalue weighted by Crippen LogP contribution is -2.31. The van der Waals surface area contributed by atoms with Crippen molar-refractivity contribution in [3.05, 3.63) is 159 Å². The van der Waals surface area contributed by atoms with Gasteiger partial charge in [0.15, 0.2) is 17.5 Å². The molecule has 0 bridgehead atoms. The molecule has 0 aliphatic carbocycles. The Morgan fingerprint density at radius 1 is 0.396 bits per heavy atom. The van der Waals surface area contributed by atoms with E-state index in [1.807, 2.05) is 14.2 Å². The van der Waals surface area contributed by atoms with Crippen LogP contribution in [0, 0.1) is 20.8 Å². The average Bonchev–Trinajstić information content (AvgIpc) is 0.783. The molecular weight excluding hydrogens is 1500 g/mol. The fourth-order valence-electron chi connectivity index (χ4n) is 6.86. The molecule has 30 nitrogen and oxygen atoms in total. The Morgan fingerprint density at radius 3 is 1.04 bits per heavy atom. The number of nitrogens with one attached hydrogen (secondary N) is 6. The third kappa shape index (κ3) is 24.9. The lowest BCUT2D eigenvalue weighted by molar-refractivity contribution is 0.202. The molecule has 36 heteroatoms. The molecule has 0 spiro atoms. The van der Waals surface area contributed by atoms with Crippen LogP contribution >= 0.6 is 47.8 Å². The van der Waals surface area contributed by atoms with E-state index in [9.17, 15) is 25.3 Å². The first-order valence-corrected chi connectivity index (χ1v) is 34.1. The minimum Gasteiger partial charge on any atom is -0.473 e. The molecule has 0 saturated carbocycles. The van der Waals surface area contributed by atoms with Crippen LogP contribution < -0.4 is 56.8 Å². The topological polar surface area (TPSA) is 385 Å². The first-order chi connectivity index (χ1) is 53.0. The number of rotatable bonds is 33. The zero-order valence-electron chi connectivity index (χ0n) is 69.8. The third-order valence-electron chi connectivity index (χ3n) is 11.0. The average molecular weight is 1590 g/mol. The van der Waals surface area contributed by atoms with Gasteiger partial charge in [0.2, 0.25) is 17.6 Å². The van der Waals surface area contributed by atoms with E-state index in [-0.39, 0.29) is 52.9 Å². The van der Waals surface area contributed by atoms with Crippen molar-refractivity contribution in [1.82, 2.24) is 74.0 Å². The quantitative estimate of drug-likeness (QED) is 0.0223. The summed E-state index contributed by atoms with van der Waals surface area (Å²) in [5.74, 6) is -3.11. The first kappa shape index (κ1) is 51.7. The first-order valence-electron chi connectivity index (χ1n) is 36.8. The summed E-state index contributed by atoms with van der Waals surface area (Å²) in [6.45, 7) is -12.1. The zero-order chi connectivity index (χ0) is 85.9. The molecule has 510 valence electrons. The van der Waals surface area contributed by atoms with Crippen molar-refractivity contribution >= 4 is 95.9 Å². The van der Waals surface area contributed by atoms with Gasteiger partial charge in [-0.15, -0.1) is 0 Å². The van der Waals surface area contributed by atoms with Crippen molar-refractivity contribution in [3.63, 3.8) is 0 Å². The maximum Gasteiger partial charge on any atom is 0.316 e. The second-order valence-corrected chi connectivity index (χ2v) is 25.5. The molecule has 0 atom stereocenters. The number of aromatic nitrogens is 12. The van der Waals surface area contributed by atoms with Crippen molar-refractivity contribution in [1.29, 1.82) is 0 Å². The lowest BCUT2D eigenvalue weighted by atomic mass is 10.1. The van der Waals surface area contributed by atoms with Gasteiger partial charge in [-0.2, -0.15) is 39.4 Å². The van der Waals surface area contributed by atoms with E-state index >= 15 is 0 Å². The molecule has 0 fully saturated rings. The highest BCUT2D eigenvalue weighted by Crippen LogP contribution is 2.38. The number of halogens is 3. The van der Waals surface area contributed by atoms with Crippen LogP contribution in [0.3, 0.4) is 0 Å². The summed E-state index contributed by atoms with van der Waals surface area (Å²) in [6.07, 6.45) is 3.77. The smallest absolute Gasteiger partial charge is 0.316 e. The van der Waals surface area contributed by atoms with Gasteiger partial charge in [0, 0.05) is 78.4 Å². The van der Waals surface area contributed by atoms with Crippen LogP contribution in [-0.2, 0) is 30.6 Å². The second-order valence-electron chi connectivity index (χ2n) is 18.4. The molecule has 6 heterocycles. The Bertz CT molecular complexity index is 5230. The van der Waals surface area contributed by atoms with Gasteiger partial charge in [0.25, 0.3) is 30.6 Å². The van der Waals surface area contributed by atoms with Crippen molar-refractivity contribution in [2.75, 3.05) is 73.1 Å². The Kier molecular flexibility index (Phi) is 20.3. The van der Waals surface area contributed by atoms with Crippen molar-refractivity contribution < 1.29 is 79.7 Å². The zero-order valence-corrected chi connectivity index (χ0v) is 58.1. The molecular formula is C60H69Br3N18O12S3. The van der Waals surface area contributed by atoms with E-state index in [1.165, 1.54) is 56.2 Å². The van der Waals surface area contributed by atoms with E-state index < -0.39 is 144 Å². The number of hydrogen-bond acceptors (Lipinski definition) is 24. The van der Waals surface area contributed by atoms with E-state index in [1.54, 1.807) is 93.1 Å². The van der Waals surface area contributed by atoms with Gasteiger partial charge >= 0.3 is 18.0 Å². The highest BCUT2D eigenvalue weighted by Gasteiger charge is 2.23. The van der Waals surface area contributed by atoms with Gasteiger partial charge in [-0.1, -0.05) is 105 Å². The Morgan fingerprint density at radius 2 is 0.708 bits per heavy atom. The second kappa shape index (κ2) is 37.7. The summed E-state index contributed by atoms with van der Waals surface area (Å²) in [5, 5.41) is 0. The number of benzene rings is 3. The van der Waals surface area contributed by atoms with E-state index in [2.05, 4.69) is 117 Å². The van der Waals surface area contributed by atoms with Crippen LogP contribution in [0.2, 0.25) is 0 Å². The minimum atomic E-state index is -4.80. The van der Waals surface area contributed by atoms with Crippen LogP contribution in [-0.4, -0.2) is 144 Å². The molecule has 0 amide bonds. The molecule has 3 aromatic carbocycles. The molecule has 9 aromatic rings. The number of hydrogen-bond donors (Lipinski definition) is 6. The Balaban J connectivity index is 0.000000239. The predicted molar refractivity (Wildman–Crippen MR) is 371 cm³/mol. The maximum atomic E-state index is 12.8. The molecule has 9 rings (SSSR count). The highest BCUT2D eigenvalue weighted by atomic mass is 79.9. The fraction of sp³-hybridized carbons (Fsp3) is 0.300. The maximum absolute atomic E-state index is 12.8. The van der Waals surface area contributed by atoms with Gasteiger partial charge in [-0.25, -0.2) is 59.8 Å². The standard InChI is InChI=1S/3C20H23BrN6O4S/c3*1-3-8-26-32(28,29)27-18-17(15-4-6-16(21)7-5-15)19(25-13-24-18)30-9-10-31-20-22-11-14(2)12-23-20/h3*4-7,11-13,26H,3,8-10H2,1-2H3,(H,24,25,27)/i8D2,9D2,10D2,13D;3D2,8D2,10D2,13D;9D2,10D2,13D. The molecule has 0 saturated heterocycles. The van der Waals surface area contributed by atoms with Crippen LogP contribution in [0.4, 0.5) is 17.5 Å². The molecule has 6 N–H and O–H groups in total. The number of anilines is 3. The highest BCUT2D eigenvalue weighted by molar-refractivity contribution is 9.11. The monoisotopic (exact) mass is 1590 g/mol. The van der Waals surface area contributed by atoms with Crippen LogP contribution in [0.25, 0.3) is 33.4 Å². The van der Waals surface area contributed by atoms with E-state index in [0.29, 0.717) is 42.1 Å². The summed E-state index contributed by atoms with van der Waals surface area (Å²) >= 11 is 9.87. The molecule has 0 radical (unpaired) electrons. The largest absolute Gasteiger partial charge is 0.473 e. The van der Waals surface area contributed by atoms with Crippen LogP contribution in [0.1, 0.15) is 82.7 Å². The summed E-state index contributed by atoms with van der Waals surface area (Å²) < 4.78 is 273. The fourth-order valence-corrected chi connectivity index (χ4v) is 10.1. The molecule has 6 aromatic heterocycles. The Hall–Kier alpha value is -8.49. The van der Waals surface area contributed by atoms with Crippen molar-refractivity contribution in [2.24, 2.45) is 0 Å². The molecule has 0 aliphatic heterocycles. The van der Waals surface area contributed by atoms with Crippen LogP contribution in [0.5, 0.6) is 35.7 Å². The number of ether oxygens (including phenoxy) is 6. The number of aryl methyl sites for hydroxylation is 3. The van der Waals surface area contributed by atoms with Crippen molar-refractivity contribution in [2.45, 2.75) is 60.8 Å². The molecule has 0 aliphatic rings. The van der Waals surface area contributed by atoms with Crippen LogP contribution in [0.15, 0.2) is 142 Å². The van der Waals surface area contributed by atoms with E-state index in [0.717, 1.165) is 12.5 Å². The van der Waals surface area contributed by atoms with E-state index in [4.69, 9.17) is 54.5 Å². The summed E-state index contributed by atoms with van der Waals surface area (Å²) in [7, 11) is -13.6. The normalized spacial score (nSPS) is 15.3. The predicted octanol–water partition coefficient (Wildman–Crippen LogP) is 9.36. The van der Waals surface area contributed by atoms with Gasteiger partial charge in [0.1, 0.15) is 62.4 Å². The summed E-state index contributed by atoms with van der Waals surface area (Å²) in [5.41, 5.74) is 2.36. The third-order valence-corrected chi connectivity index (χ3v) is 15.3. The van der Waals surface area contributed by atoms with Gasteiger partial charge in [-0.05, 0) is 110 Å². The minimum absolute atomic E-state index is 0.105. The van der Waals surface area contributed by atoms with Gasteiger partial charge in [0.05, 0.1) is 30.4 Å². The summed E-state index contributed by atoms with van der Waals surface area (Å²) in [4.78, 5) is 45.9. The summed E-state index contributed by atoms with van der Waals surface area (Å²) in [6, 6.07) is 17.6. The Labute approximate surface area is 608 Å².